The molecule has 134 valence electrons. The minimum Gasteiger partial charge on any atom is -0.466 e. The maximum Gasteiger partial charge on any atom is 0.310 e. The van der Waals surface area contributed by atoms with Gasteiger partial charge in [0.05, 0.1) is 19.1 Å². The first-order chi connectivity index (χ1) is 12.1. The summed E-state index contributed by atoms with van der Waals surface area (Å²) in [6, 6.07) is 6.36. The molecule has 0 bridgehead atoms. The van der Waals surface area contributed by atoms with Crippen molar-refractivity contribution in [2.24, 2.45) is 5.92 Å². The number of carbonyl (C=O) groups excluding carboxylic acids is 1. The highest BCUT2D eigenvalue weighted by Crippen LogP contribution is 2.19. The predicted molar refractivity (Wildman–Crippen MR) is 88.1 cm³/mol. The summed E-state index contributed by atoms with van der Waals surface area (Å²) in [5, 5.41) is 3.96. The van der Waals surface area contributed by atoms with Crippen LogP contribution in [0, 0.1) is 11.7 Å². The first-order valence-electron chi connectivity index (χ1n) is 8.59. The highest BCUT2D eigenvalue weighted by atomic mass is 19.1. The third kappa shape index (κ3) is 4.85. The third-order valence-electron chi connectivity index (χ3n) is 4.25. The van der Waals surface area contributed by atoms with Gasteiger partial charge in [-0.05, 0) is 44.0 Å². The van der Waals surface area contributed by atoms with Gasteiger partial charge in [-0.1, -0.05) is 17.3 Å². The van der Waals surface area contributed by atoms with Gasteiger partial charge in [0.1, 0.15) is 5.82 Å². The van der Waals surface area contributed by atoms with E-state index >= 15 is 0 Å². The van der Waals surface area contributed by atoms with E-state index in [1.54, 1.807) is 6.07 Å². The minimum absolute atomic E-state index is 0.0941. The highest BCUT2D eigenvalue weighted by molar-refractivity contribution is 5.72. The van der Waals surface area contributed by atoms with Gasteiger partial charge in [0, 0.05) is 13.0 Å². The van der Waals surface area contributed by atoms with E-state index in [1.807, 2.05) is 13.0 Å². The van der Waals surface area contributed by atoms with E-state index in [9.17, 15) is 9.18 Å². The van der Waals surface area contributed by atoms with Crippen molar-refractivity contribution in [1.29, 1.82) is 0 Å². The maximum absolute atomic E-state index is 13.2. The fourth-order valence-electron chi connectivity index (χ4n) is 3.10. The van der Waals surface area contributed by atoms with E-state index in [0.29, 0.717) is 37.8 Å². The minimum atomic E-state index is -0.278. The normalized spacial score (nSPS) is 18.2. The molecule has 0 amide bonds. The summed E-state index contributed by atoms with van der Waals surface area (Å²) in [5.74, 6) is 0.530. The van der Waals surface area contributed by atoms with E-state index in [1.165, 1.54) is 12.1 Å². The van der Waals surface area contributed by atoms with Crippen LogP contribution >= 0.6 is 0 Å². The van der Waals surface area contributed by atoms with E-state index in [-0.39, 0.29) is 17.7 Å². The summed E-state index contributed by atoms with van der Waals surface area (Å²) in [4.78, 5) is 18.4. The molecule has 0 unspecified atom stereocenters. The Kier molecular flexibility index (Phi) is 5.75. The number of hydrogen-bond acceptors (Lipinski definition) is 6. The fourth-order valence-corrected chi connectivity index (χ4v) is 3.10. The number of ether oxygens (including phenoxy) is 1. The van der Waals surface area contributed by atoms with Crippen LogP contribution in [0.4, 0.5) is 4.39 Å². The molecule has 25 heavy (non-hydrogen) atoms. The number of likely N-dealkylation sites (tertiary alicyclic amines) is 1. The van der Waals surface area contributed by atoms with Crippen molar-refractivity contribution in [3.05, 3.63) is 47.4 Å². The second kappa shape index (κ2) is 8.20. The van der Waals surface area contributed by atoms with Crippen LogP contribution in [-0.4, -0.2) is 40.7 Å². The molecule has 2 heterocycles. The van der Waals surface area contributed by atoms with E-state index in [4.69, 9.17) is 9.26 Å². The van der Waals surface area contributed by atoms with Crippen molar-refractivity contribution in [3.8, 4) is 0 Å². The number of esters is 1. The van der Waals surface area contributed by atoms with Crippen LogP contribution < -0.4 is 0 Å². The molecular formula is C18H22FN3O3. The molecule has 0 radical (unpaired) electrons. The molecule has 1 aromatic heterocycles. The van der Waals surface area contributed by atoms with Crippen LogP contribution in [0.5, 0.6) is 0 Å². The Hall–Kier alpha value is -2.28. The lowest BCUT2D eigenvalue weighted by Crippen LogP contribution is -2.39. The molecular weight excluding hydrogens is 325 g/mol. The largest absolute Gasteiger partial charge is 0.466 e. The van der Waals surface area contributed by atoms with Crippen LogP contribution in [0.25, 0.3) is 0 Å². The molecule has 6 nitrogen and oxygen atoms in total. The first-order valence-corrected chi connectivity index (χ1v) is 8.59. The molecule has 2 aromatic rings. The Morgan fingerprint density at radius 2 is 2.36 bits per heavy atom. The number of rotatable bonds is 6. The number of piperidine rings is 1. The quantitative estimate of drug-likeness (QED) is 0.748. The van der Waals surface area contributed by atoms with Crippen LogP contribution in [0.1, 0.15) is 37.0 Å². The molecule has 3 rings (SSSR count). The van der Waals surface area contributed by atoms with Crippen molar-refractivity contribution < 1.29 is 18.4 Å². The lowest BCUT2D eigenvalue weighted by molar-refractivity contribution is -0.150. The summed E-state index contributed by atoms with van der Waals surface area (Å²) in [5.41, 5.74) is 0.799. The number of hydrogen-bond donors (Lipinski definition) is 0. The molecule has 0 saturated carbocycles. The highest BCUT2D eigenvalue weighted by Gasteiger charge is 2.27. The Bertz CT molecular complexity index is 719. The van der Waals surface area contributed by atoms with Crippen LogP contribution in [0.15, 0.2) is 28.8 Å². The van der Waals surface area contributed by atoms with Crippen LogP contribution in [0.2, 0.25) is 0 Å². The standard InChI is InChI=1S/C18H22FN3O3/c1-2-24-18(23)14-6-4-8-22(11-14)12-17-20-16(21-25-17)10-13-5-3-7-15(19)9-13/h3,5,7,9,14H,2,4,6,8,10-12H2,1H3/t14-/m0/s1. The lowest BCUT2D eigenvalue weighted by Gasteiger charge is -2.30. The Labute approximate surface area is 146 Å². The fraction of sp³-hybridized carbons (Fsp3) is 0.500. The monoisotopic (exact) mass is 347 g/mol. The van der Waals surface area contributed by atoms with Crippen molar-refractivity contribution in [1.82, 2.24) is 15.0 Å². The molecule has 1 aliphatic rings. The van der Waals surface area contributed by atoms with Gasteiger partial charge in [-0.15, -0.1) is 0 Å². The predicted octanol–water partition coefficient (Wildman–Crippen LogP) is 2.57. The van der Waals surface area contributed by atoms with Gasteiger partial charge in [-0.25, -0.2) is 4.39 Å². The summed E-state index contributed by atoms with van der Waals surface area (Å²) in [7, 11) is 0. The Morgan fingerprint density at radius 3 is 3.16 bits per heavy atom. The number of benzene rings is 1. The summed E-state index contributed by atoms with van der Waals surface area (Å²) in [6.45, 7) is 4.25. The molecule has 7 heteroatoms. The van der Waals surface area contributed by atoms with Gasteiger partial charge >= 0.3 is 5.97 Å². The number of halogens is 1. The summed E-state index contributed by atoms with van der Waals surface area (Å²) >= 11 is 0. The van der Waals surface area contributed by atoms with Crippen LogP contribution in [0.3, 0.4) is 0 Å². The molecule has 1 atom stereocenters. The summed E-state index contributed by atoms with van der Waals surface area (Å²) < 4.78 is 23.6. The SMILES string of the molecule is CCOC(=O)[C@H]1CCCN(Cc2nc(Cc3cccc(F)c3)no2)C1. The molecule has 0 N–H and O–H groups in total. The van der Waals surface area contributed by atoms with Gasteiger partial charge in [-0.3, -0.25) is 9.69 Å². The van der Waals surface area contributed by atoms with Gasteiger partial charge in [0.15, 0.2) is 5.82 Å². The van der Waals surface area contributed by atoms with Crippen molar-refractivity contribution >= 4 is 5.97 Å². The lowest BCUT2D eigenvalue weighted by atomic mass is 9.98. The second-order valence-electron chi connectivity index (χ2n) is 6.24. The third-order valence-corrected chi connectivity index (χ3v) is 4.25. The van der Waals surface area contributed by atoms with Crippen LogP contribution in [-0.2, 0) is 22.5 Å². The second-order valence-corrected chi connectivity index (χ2v) is 6.24. The molecule has 0 aliphatic carbocycles. The van der Waals surface area contributed by atoms with Crippen molar-refractivity contribution in [2.45, 2.75) is 32.7 Å². The van der Waals surface area contributed by atoms with Gasteiger partial charge in [-0.2, -0.15) is 4.98 Å². The topological polar surface area (TPSA) is 68.5 Å². The van der Waals surface area contributed by atoms with Crippen molar-refractivity contribution in [2.75, 3.05) is 19.7 Å². The first kappa shape index (κ1) is 17.5. The Morgan fingerprint density at radius 1 is 1.48 bits per heavy atom. The zero-order valence-electron chi connectivity index (χ0n) is 14.3. The number of nitrogens with zero attached hydrogens (tertiary/aromatic N) is 3. The maximum atomic E-state index is 13.2. The van der Waals surface area contributed by atoms with Crippen molar-refractivity contribution in [3.63, 3.8) is 0 Å². The van der Waals surface area contributed by atoms with Gasteiger partial charge < -0.3 is 9.26 Å². The van der Waals surface area contributed by atoms with E-state index < -0.39 is 0 Å². The zero-order valence-corrected chi connectivity index (χ0v) is 14.3. The Balaban J connectivity index is 1.56. The average molecular weight is 347 g/mol. The molecule has 1 aliphatic heterocycles. The zero-order chi connectivity index (χ0) is 17.6. The number of carbonyl (C=O) groups is 1. The van der Waals surface area contributed by atoms with Gasteiger partial charge in [0.2, 0.25) is 5.89 Å². The molecule has 1 fully saturated rings. The molecule has 1 aromatic carbocycles. The van der Waals surface area contributed by atoms with E-state index in [2.05, 4.69) is 15.0 Å². The molecule has 0 spiro atoms. The average Bonchev–Trinajstić information content (AvgIpc) is 3.02. The summed E-state index contributed by atoms with van der Waals surface area (Å²) in [6.07, 6.45) is 2.21. The van der Waals surface area contributed by atoms with Gasteiger partial charge in [0.25, 0.3) is 0 Å². The molecule has 1 saturated heterocycles. The number of aromatic nitrogens is 2. The van der Waals surface area contributed by atoms with E-state index in [0.717, 1.165) is 24.9 Å². The smallest absolute Gasteiger partial charge is 0.310 e.